The monoisotopic (exact) mass is 591 g/mol. The van der Waals surface area contributed by atoms with Gasteiger partial charge in [-0.05, 0) is 42.9 Å². The van der Waals surface area contributed by atoms with Crippen LogP contribution in [0.25, 0.3) is 0 Å². The van der Waals surface area contributed by atoms with Crippen molar-refractivity contribution in [1.29, 1.82) is 0 Å². The lowest BCUT2D eigenvalue weighted by Gasteiger charge is -2.37. The predicted octanol–water partition coefficient (Wildman–Crippen LogP) is 1.72. The van der Waals surface area contributed by atoms with Gasteiger partial charge in [0.2, 0.25) is 17.7 Å². The van der Waals surface area contributed by atoms with E-state index in [9.17, 15) is 37.1 Å². The summed E-state index contributed by atoms with van der Waals surface area (Å²) in [5.74, 6) is -9.37. The van der Waals surface area contributed by atoms with Gasteiger partial charge in [0.15, 0.2) is 0 Å². The molecule has 0 aromatic carbocycles. The molecule has 3 N–H and O–H groups in total. The number of hydrogen-bond donors (Lipinski definition) is 3. The van der Waals surface area contributed by atoms with E-state index in [4.69, 9.17) is 11.6 Å². The summed E-state index contributed by atoms with van der Waals surface area (Å²) in [6, 6.07) is -2.24. The van der Waals surface area contributed by atoms with E-state index in [0.29, 0.717) is 30.8 Å². The fourth-order valence-electron chi connectivity index (χ4n) is 6.16. The van der Waals surface area contributed by atoms with E-state index in [-0.39, 0.29) is 30.8 Å². The number of hydrazine groups is 1. The van der Waals surface area contributed by atoms with Gasteiger partial charge in [-0.15, -0.1) is 0 Å². The molecule has 224 valence electrons. The van der Waals surface area contributed by atoms with E-state index >= 15 is 0 Å². The summed E-state index contributed by atoms with van der Waals surface area (Å²) in [4.78, 5) is 66.4. The second-order valence-corrected chi connectivity index (χ2v) is 12.9. The number of carbonyl (C=O) groups excluding carboxylic acids is 5. The Bertz CT molecular complexity index is 1050. The van der Waals surface area contributed by atoms with Crippen LogP contribution in [0.2, 0.25) is 0 Å². The molecule has 10 nitrogen and oxygen atoms in total. The minimum absolute atomic E-state index is 0.0148. The van der Waals surface area contributed by atoms with Crippen molar-refractivity contribution in [2.45, 2.75) is 82.9 Å². The summed E-state index contributed by atoms with van der Waals surface area (Å²) in [7, 11) is 0. The molecule has 0 radical (unpaired) electrons. The molecule has 7 atom stereocenters. The average Bonchev–Trinajstić information content (AvgIpc) is 3.17. The van der Waals surface area contributed by atoms with Crippen molar-refractivity contribution in [2.24, 2.45) is 29.1 Å². The van der Waals surface area contributed by atoms with E-state index in [2.05, 4.69) is 16.1 Å². The van der Waals surface area contributed by atoms with Crippen LogP contribution in [0.5, 0.6) is 0 Å². The highest BCUT2D eigenvalue weighted by Crippen LogP contribution is 2.49. The lowest BCUT2D eigenvalue weighted by Crippen LogP contribution is -2.61. The number of likely N-dealkylation sites (tertiary alicyclic amines) is 1. The molecule has 0 aromatic heterocycles. The van der Waals surface area contributed by atoms with Crippen LogP contribution in [-0.4, -0.2) is 82.7 Å². The number of fused-ring (bicyclic) bond motifs is 1. The van der Waals surface area contributed by atoms with Crippen LogP contribution in [0.15, 0.2) is 0 Å². The van der Waals surface area contributed by atoms with Crippen molar-refractivity contribution in [1.82, 2.24) is 26.0 Å². The molecule has 4 fully saturated rings. The van der Waals surface area contributed by atoms with Crippen LogP contribution >= 0.6 is 11.6 Å². The van der Waals surface area contributed by atoms with Crippen LogP contribution in [0.1, 0.15) is 59.3 Å². The molecule has 0 aromatic rings. The number of carbonyl (C=O) groups is 5. The summed E-state index contributed by atoms with van der Waals surface area (Å²) in [5, 5.41) is 5.87. The van der Waals surface area contributed by atoms with Crippen LogP contribution in [0.3, 0.4) is 0 Å². The van der Waals surface area contributed by atoms with Crippen LogP contribution in [0.4, 0.5) is 13.2 Å². The molecule has 2 aliphatic carbocycles. The Balaban J connectivity index is 1.55. The van der Waals surface area contributed by atoms with Crippen LogP contribution in [-0.2, 0) is 24.0 Å². The Labute approximate surface area is 236 Å². The van der Waals surface area contributed by atoms with E-state index < -0.39 is 70.9 Å². The zero-order valence-corrected chi connectivity index (χ0v) is 23.6. The van der Waals surface area contributed by atoms with E-state index in [1.54, 1.807) is 20.8 Å². The second-order valence-electron chi connectivity index (χ2n) is 12.5. The van der Waals surface area contributed by atoms with Gasteiger partial charge < -0.3 is 15.5 Å². The first kappa shape index (κ1) is 30.4. The van der Waals surface area contributed by atoms with Crippen molar-refractivity contribution in [3.8, 4) is 0 Å². The second kappa shape index (κ2) is 11.4. The van der Waals surface area contributed by atoms with Gasteiger partial charge in [-0.1, -0.05) is 38.8 Å². The molecule has 0 bridgehead atoms. The number of rotatable bonds is 7. The normalized spacial score (nSPS) is 30.5. The van der Waals surface area contributed by atoms with Crippen molar-refractivity contribution < 1.29 is 37.1 Å². The summed E-state index contributed by atoms with van der Waals surface area (Å²) in [6.45, 7) is 5.44. The fourth-order valence-corrected chi connectivity index (χ4v) is 6.28. The molecule has 40 heavy (non-hydrogen) atoms. The maximum absolute atomic E-state index is 13.9. The van der Waals surface area contributed by atoms with Gasteiger partial charge in [0.25, 0.3) is 23.4 Å². The first-order chi connectivity index (χ1) is 18.6. The van der Waals surface area contributed by atoms with Crippen molar-refractivity contribution in [3.05, 3.63) is 0 Å². The Kier molecular flexibility index (Phi) is 8.64. The number of piperidine rings is 1. The molecule has 2 aliphatic heterocycles. The lowest BCUT2D eigenvalue weighted by molar-refractivity contribution is -0.151. The Hall–Kier alpha value is -2.57. The van der Waals surface area contributed by atoms with Gasteiger partial charge >= 0.3 is 0 Å². The molecular weight excluding hydrogens is 555 g/mol. The van der Waals surface area contributed by atoms with Gasteiger partial charge in [-0.25, -0.2) is 18.2 Å². The first-order valence-electron chi connectivity index (χ1n) is 13.8. The average molecular weight is 592 g/mol. The van der Waals surface area contributed by atoms with E-state index in [0.717, 1.165) is 12.8 Å². The molecule has 4 aliphatic rings. The SMILES string of the molecule is CC(C)(C)[C@H](NC(=O)[C@@H]1CC1(F)F)C(=O)N1C[C@@H]2CCC[C@@H]2[C@H]1C(=O)NN(C[C@@H]1CCCNC1=O)C(=O)[C@@H](F)Cl. The third-order valence-electron chi connectivity index (χ3n) is 8.48. The van der Waals surface area contributed by atoms with Crippen molar-refractivity contribution in [2.75, 3.05) is 19.6 Å². The molecule has 2 saturated heterocycles. The maximum Gasteiger partial charge on any atom is 0.291 e. The highest BCUT2D eigenvalue weighted by molar-refractivity contribution is 6.29. The van der Waals surface area contributed by atoms with E-state index in [1.165, 1.54) is 4.90 Å². The lowest BCUT2D eigenvalue weighted by atomic mass is 9.85. The fraction of sp³-hybridized carbons (Fsp3) is 0.808. The highest BCUT2D eigenvalue weighted by atomic mass is 35.5. The molecule has 0 unspecified atom stereocenters. The molecule has 2 saturated carbocycles. The van der Waals surface area contributed by atoms with Crippen LogP contribution in [0, 0.1) is 29.1 Å². The summed E-state index contributed by atoms with van der Waals surface area (Å²) < 4.78 is 41.0. The smallest absolute Gasteiger partial charge is 0.291 e. The van der Waals surface area contributed by atoms with Gasteiger partial charge in [0.05, 0.1) is 12.5 Å². The number of amides is 5. The topological polar surface area (TPSA) is 128 Å². The van der Waals surface area contributed by atoms with Gasteiger partial charge in [0, 0.05) is 19.5 Å². The minimum atomic E-state index is -3.11. The molecule has 4 rings (SSSR count). The van der Waals surface area contributed by atoms with Crippen LogP contribution < -0.4 is 16.1 Å². The third-order valence-corrected chi connectivity index (χ3v) is 8.67. The molecule has 14 heteroatoms. The van der Waals surface area contributed by atoms with Crippen molar-refractivity contribution >= 4 is 41.1 Å². The summed E-state index contributed by atoms with van der Waals surface area (Å²) >= 11 is 5.41. The van der Waals surface area contributed by atoms with Gasteiger partial charge in [-0.3, -0.25) is 29.4 Å². The van der Waals surface area contributed by atoms with E-state index in [1.807, 2.05) is 0 Å². The number of nitrogens with one attached hydrogen (secondary N) is 3. The number of halogens is 4. The third kappa shape index (κ3) is 6.33. The Morgan fingerprint density at radius 2 is 1.82 bits per heavy atom. The molecule has 2 heterocycles. The number of alkyl halides is 4. The van der Waals surface area contributed by atoms with Gasteiger partial charge in [0.1, 0.15) is 18.0 Å². The predicted molar refractivity (Wildman–Crippen MR) is 137 cm³/mol. The molecule has 0 spiro atoms. The first-order valence-corrected chi connectivity index (χ1v) is 14.2. The maximum atomic E-state index is 13.9. The number of nitrogens with zero attached hydrogens (tertiary/aromatic N) is 2. The zero-order chi connectivity index (χ0) is 29.6. The quantitative estimate of drug-likeness (QED) is 0.307. The largest absolute Gasteiger partial charge is 0.356 e. The Morgan fingerprint density at radius 1 is 1.15 bits per heavy atom. The molecule has 5 amide bonds. The molecular formula is C26H37ClF3N5O5. The number of hydrogen-bond acceptors (Lipinski definition) is 5. The van der Waals surface area contributed by atoms with Gasteiger partial charge in [-0.2, -0.15) is 0 Å². The van der Waals surface area contributed by atoms with Crippen molar-refractivity contribution in [3.63, 3.8) is 0 Å². The minimum Gasteiger partial charge on any atom is -0.356 e. The standard InChI is InChI=1S/C26H37ClF3N5O5/c1-25(2,3)18(32-21(37)16-10-26(16,29)30)23(39)34-11-13-6-4-8-15(13)17(34)22(38)33-35(24(40)19(27)28)12-14-7-5-9-31-20(14)36/h13-19H,4-12H2,1-3H3,(H,31,36)(H,32,37)(H,33,38)/t13-,14-,15-,16-,17-,18+,19+/m0/s1. The Morgan fingerprint density at radius 3 is 2.40 bits per heavy atom. The highest BCUT2D eigenvalue weighted by Gasteiger charge is 2.62. The zero-order valence-electron chi connectivity index (χ0n) is 22.9. The summed E-state index contributed by atoms with van der Waals surface area (Å²) in [5.41, 5.74) is -0.910. The summed E-state index contributed by atoms with van der Waals surface area (Å²) in [6.07, 6.45) is 2.72.